The Morgan fingerprint density at radius 3 is 2.39 bits per heavy atom. The minimum Gasteiger partial charge on any atom is -0.461 e. The van der Waals surface area contributed by atoms with E-state index in [0.717, 1.165) is 17.5 Å². The van der Waals surface area contributed by atoms with Gasteiger partial charge in [0.15, 0.2) is 0 Å². The average Bonchev–Trinajstić information content (AvgIpc) is 2.70. The molecule has 0 radical (unpaired) electrons. The van der Waals surface area contributed by atoms with Crippen LogP contribution in [-0.2, 0) is 15.6 Å². The number of hydrogen-bond donors (Lipinski definition) is 0. The summed E-state index contributed by atoms with van der Waals surface area (Å²) in [6.45, 7) is 11.4. The van der Waals surface area contributed by atoms with Crippen LogP contribution in [0.2, 0.25) is 0 Å². The smallest absolute Gasteiger partial charge is 0.356 e. The highest BCUT2D eigenvalue weighted by Crippen LogP contribution is 2.47. The second-order valence-corrected chi connectivity index (χ2v) is 8.46. The standard InChI is InChI=1S/C25H29NO2/c1-6-25(5)15-14-24(3,4)20-12-10-18(16-21(20)25)8-9-19-11-13-22(26-17-19)23(27)28-7-2/h10-13,16-17H,6-7,14-15H2,1-5H3. The molecule has 0 spiro atoms. The molecule has 1 aromatic carbocycles. The van der Waals surface area contributed by atoms with Crippen molar-refractivity contribution in [2.75, 3.05) is 6.61 Å². The van der Waals surface area contributed by atoms with Crippen LogP contribution in [0.4, 0.5) is 0 Å². The number of ether oxygens (including phenoxy) is 1. The summed E-state index contributed by atoms with van der Waals surface area (Å²) >= 11 is 0. The van der Waals surface area contributed by atoms with Gasteiger partial charge in [-0.2, -0.15) is 0 Å². The Kier molecular flexibility index (Phi) is 5.61. The highest BCUT2D eigenvalue weighted by atomic mass is 16.5. The molecule has 0 aliphatic heterocycles. The monoisotopic (exact) mass is 375 g/mol. The number of carbonyl (C=O) groups is 1. The summed E-state index contributed by atoms with van der Waals surface area (Å²) in [4.78, 5) is 15.9. The zero-order valence-corrected chi connectivity index (χ0v) is 17.6. The molecule has 3 heteroatoms. The Labute approximate surface area is 168 Å². The summed E-state index contributed by atoms with van der Waals surface area (Å²) in [7, 11) is 0. The van der Waals surface area contributed by atoms with Crippen molar-refractivity contribution in [1.29, 1.82) is 0 Å². The zero-order chi connectivity index (χ0) is 20.4. The number of aromatic nitrogens is 1. The van der Waals surface area contributed by atoms with Gasteiger partial charge < -0.3 is 4.74 Å². The average molecular weight is 376 g/mol. The molecule has 1 aromatic heterocycles. The highest BCUT2D eigenvalue weighted by Gasteiger charge is 2.38. The molecule has 1 heterocycles. The van der Waals surface area contributed by atoms with Crippen LogP contribution in [0.1, 0.15) is 86.6 Å². The van der Waals surface area contributed by atoms with E-state index in [9.17, 15) is 4.79 Å². The number of hydrogen-bond acceptors (Lipinski definition) is 3. The molecule has 0 saturated carbocycles. The molecule has 0 bridgehead atoms. The minimum absolute atomic E-state index is 0.211. The van der Waals surface area contributed by atoms with Gasteiger partial charge in [-0.15, -0.1) is 0 Å². The maximum Gasteiger partial charge on any atom is 0.356 e. The molecule has 0 fully saturated rings. The molecule has 0 saturated heterocycles. The largest absolute Gasteiger partial charge is 0.461 e. The number of pyridine rings is 1. The lowest BCUT2D eigenvalue weighted by molar-refractivity contribution is 0.0519. The number of benzene rings is 1. The van der Waals surface area contributed by atoms with E-state index in [1.807, 2.05) is 6.07 Å². The number of nitrogens with zero attached hydrogens (tertiary/aromatic N) is 1. The third-order valence-electron chi connectivity index (χ3n) is 6.08. The molecular weight excluding hydrogens is 346 g/mol. The van der Waals surface area contributed by atoms with E-state index in [1.54, 1.807) is 19.2 Å². The number of esters is 1. The minimum atomic E-state index is -0.404. The van der Waals surface area contributed by atoms with E-state index in [4.69, 9.17) is 4.74 Å². The molecular formula is C25H29NO2. The van der Waals surface area contributed by atoms with Crippen molar-refractivity contribution in [3.8, 4) is 11.8 Å². The van der Waals surface area contributed by atoms with Crippen LogP contribution in [0.5, 0.6) is 0 Å². The van der Waals surface area contributed by atoms with Crippen molar-refractivity contribution in [2.24, 2.45) is 0 Å². The lowest BCUT2D eigenvalue weighted by Gasteiger charge is -2.43. The van der Waals surface area contributed by atoms with Crippen LogP contribution < -0.4 is 0 Å². The van der Waals surface area contributed by atoms with Gasteiger partial charge in [-0.05, 0) is 72.4 Å². The predicted octanol–water partition coefficient (Wildman–Crippen LogP) is 5.40. The molecule has 1 aliphatic rings. The fourth-order valence-electron chi connectivity index (χ4n) is 3.87. The molecule has 1 atom stereocenters. The summed E-state index contributed by atoms with van der Waals surface area (Å²) in [5, 5.41) is 0. The Morgan fingerprint density at radius 1 is 1.04 bits per heavy atom. The molecule has 1 aliphatic carbocycles. The Bertz CT molecular complexity index is 931. The number of fused-ring (bicyclic) bond motifs is 1. The number of rotatable bonds is 3. The third-order valence-corrected chi connectivity index (χ3v) is 6.08. The molecule has 3 rings (SSSR count). The first-order valence-electron chi connectivity index (χ1n) is 10.1. The molecule has 3 nitrogen and oxygen atoms in total. The van der Waals surface area contributed by atoms with Crippen molar-refractivity contribution in [3.05, 3.63) is 64.5 Å². The molecule has 146 valence electrons. The van der Waals surface area contributed by atoms with Gasteiger partial charge in [0.2, 0.25) is 0 Å². The second kappa shape index (κ2) is 7.80. The van der Waals surface area contributed by atoms with Gasteiger partial charge in [0.05, 0.1) is 6.61 Å². The lowest BCUT2D eigenvalue weighted by atomic mass is 9.61. The molecule has 2 aromatic rings. The third kappa shape index (κ3) is 3.97. The van der Waals surface area contributed by atoms with E-state index in [2.05, 4.69) is 62.7 Å². The summed E-state index contributed by atoms with van der Waals surface area (Å²) in [6, 6.07) is 10.1. The van der Waals surface area contributed by atoms with Gasteiger partial charge in [-0.25, -0.2) is 9.78 Å². The van der Waals surface area contributed by atoms with Gasteiger partial charge >= 0.3 is 5.97 Å². The van der Waals surface area contributed by atoms with Gasteiger partial charge in [-0.1, -0.05) is 45.6 Å². The van der Waals surface area contributed by atoms with Gasteiger partial charge in [-0.3, -0.25) is 0 Å². The van der Waals surface area contributed by atoms with Crippen molar-refractivity contribution in [1.82, 2.24) is 4.98 Å². The Morgan fingerprint density at radius 2 is 1.75 bits per heavy atom. The van der Waals surface area contributed by atoms with E-state index in [1.165, 1.54) is 24.0 Å². The van der Waals surface area contributed by atoms with Gasteiger partial charge in [0.1, 0.15) is 5.69 Å². The van der Waals surface area contributed by atoms with E-state index >= 15 is 0 Å². The molecule has 1 unspecified atom stereocenters. The van der Waals surface area contributed by atoms with Crippen LogP contribution in [0.25, 0.3) is 0 Å². The summed E-state index contributed by atoms with van der Waals surface area (Å²) < 4.78 is 4.96. The fourth-order valence-corrected chi connectivity index (χ4v) is 3.87. The topological polar surface area (TPSA) is 39.2 Å². The maximum absolute atomic E-state index is 11.7. The summed E-state index contributed by atoms with van der Waals surface area (Å²) in [6.07, 6.45) is 5.18. The quantitative estimate of drug-likeness (QED) is 0.533. The lowest BCUT2D eigenvalue weighted by Crippen LogP contribution is -2.35. The van der Waals surface area contributed by atoms with Crippen LogP contribution in [0.3, 0.4) is 0 Å². The molecule has 28 heavy (non-hydrogen) atoms. The van der Waals surface area contributed by atoms with Gasteiger partial charge in [0.25, 0.3) is 0 Å². The van der Waals surface area contributed by atoms with Crippen molar-refractivity contribution in [3.63, 3.8) is 0 Å². The first kappa shape index (κ1) is 20.1. The first-order valence-corrected chi connectivity index (χ1v) is 10.1. The SMILES string of the molecule is CCOC(=O)c1ccc(C#Cc2ccc3c(c2)C(C)(CC)CCC3(C)C)cn1. The number of carbonyl (C=O) groups excluding carboxylic acids is 1. The van der Waals surface area contributed by atoms with Crippen molar-refractivity contribution < 1.29 is 9.53 Å². The summed E-state index contributed by atoms with van der Waals surface area (Å²) in [5.41, 5.74) is 5.42. The summed E-state index contributed by atoms with van der Waals surface area (Å²) in [5.74, 6) is 6.03. The first-order chi connectivity index (χ1) is 13.3. The van der Waals surface area contributed by atoms with Crippen molar-refractivity contribution in [2.45, 2.75) is 64.7 Å². The van der Waals surface area contributed by atoms with E-state index in [-0.39, 0.29) is 10.8 Å². The van der Waals surface area contributed by atoms with Crippen LogP contribution in [0.15, 0.2) is 36.5 Å². The van der Waals surface area contributed by atoms with E-state index in [0.29, 0.717) is 12.3 Å². The van der Waals surface area contributed by atoms with Crippen LogP contribution >= 0.6 is 0 Å². The predicted molar refractivity (Wildman–Crippen MR) is 113 cm³/mol. The van der Waals surface area contributed by atoms with Crippen LogP contribution in [-0.4, -0.2) is 17.6 Å². The normalized spacial score (nSPS) is 19.9. The van der Waals surface area contributed by atoms with Crippen LogP contribution in [0, 0.1) is 11.8 Å². The molecule has 0 N–H and O–H groups in total. The maximum atomic E-state index is 11.7. The second-order valence-electron chi connectivity index (χ2n) is 8.46. The Balaban J connectivity index is 1.89. The molecule has 0 amide bonds. The fraction of sp³-hybridized carbons (Fsp3) is 0.440. The Hall–Kier alpha value is -2.60. The van der Waals surface area contributed by atoms with Crippen molar-refractivity contribution >= 4 is 5.97 Å². The zero-order valence-electron chi connectivity index (χ0n) is 17.6. The highest BCUT2D eigenvalue weighted by molar-refractivity contribution is 5.87. The van der Waals surface area contributed by atoms with E-state index < -0.39 is 5.97 Å². The van der Waals surface area contributed by atoms with Gasteiger partial charge in [0, 0.05) is 17.3 Å².